The summed E-state index contributed by atoms with van der Waals surface area (Å²) >= 11 is 0. The molecule has 0 amide bonds. The molecule has 0 unspecified atom stereocenters. The standard InChI is InChI=1S/C22H24N2O2/c1-4-25-18-15-22(2,3)19-20(16-11-7-5-8-12-16)23-24(21(19)26-18)17-13-9-6-10-14-17/h5-14,18H,4,15H2,1-3H3/t18-/m0/s1. The van der Waals surface area contributed by atoms with Crippen molar-refractivity contribution >= 4 is 0 Å². The second-order valence-electron chi connectivity index (χ2n) is 7.23. The molecule has 134 valence electrons. The molecule has 1 aromatic heterocycles. The number of ether oxygens (including phenoxy) is 2. The van der Waals surface area contributed by atoms with Crippen LogP contribution in [0.2, 0.25) is 0 Å². The van der Waals surface area contributed by atoms with E-state index in [2.05, 4.69) is 26.0 Å². The quantitative estimate of drug-likeness (QED) is 0.668. The fraction of sp³-hybridized carbons (Fsp3) is 0.318. The molecule has 0 radical (unpaired) electrons. The van der Waals surface area contributed by atoms with E-state index in [0.717, 1.165) is 34.8 Å². The maximum atomic E-state index is 6.27. The third kappa shape index (κ3) is 2.90. The van der Waals surface area contributed by atoms with Crippen LogP contribution in [0.5, 0.6) is 5.88 Å². The van der Waals surface area contributed by atoms with E-state index < -0.39 is 0 Å². The van der Waals surface area contributed by atoms with Gasteiger partial charge in [0.15, 0.2) is 0 Å². The predicted octanol–water partition coefficient (Wildman–Crippen LogP) is 4.96. The summed E-state index contributed by atoms with van der Waals surface area (Å²) < 4.78 is 14.0. The van der Waals surface area contributed by atoms with Gasteiger partial charge in [0.1, 0.15) is 5.69 Å². The molecule has 0 saturated carbocycles. The summed E-state index contributed by atoms with van der Waals surface area (Å²) in [5.41, 5.74) is 4.10. The summed E-state index contributed by atoms with van der Waals surface area (Å²) in [6.45, 7) is 7.10. The van der Waals surface area contributed by atoms with Gasteiger partial charge in [0, 0.05) is 29.6 Å². The van der Waals surface area contributed by atoms with Crippen molar-refractivity contribution in [2.75, 3.05) is 6.61 Å². The van der Waals surface area contributed by atoms with Crippen LogP contribution in [-0.4, -0.2) is 22.7 Å². The molecule has 0 fully saturated rings. The van der Waals surface area contributed by atoms with Gasteiger partial charge in [-0.3, -0.25) is 0 Å². The van der Waals surface area contributed by atoms with Crippen molar-refractivity contribution in [3.8, 4) is 22.8 Å². The Morgan fingerprint density at radius 1 is 1.08 bits per heavy atom. The molecule has 4 rings (SSSR count). The van der Waals surface area contributed by atoms with Gasteiger partial charge in [-0.1, -0.05) is 62.4 Å². The van der Waals surface area contributed by atoms with Gasteiger partial charge in [0.2, 0.25) is 12.2 Å². The summed E-state index contributed by atoms with van der Waals surface area (Å²) in [7, 11) is 0. The van der Waals surface area contributed by atoms with Crippen LogP contribution in [0.3, 0.4) is 0 Å². The number of para-hydroxylation sites is 1. The first-order valence-corrected chi connectivity index (χ1v) is 9.13. The van der Waals surface area contributed by atoms with Crippen LogP contribution < -0.4 is 4.74 Å². The van der Waals surface area contributed by atoms with E-state index in [1.54, 1.807) is 0 Å². The van der Waals surface area contributed by atoms with Crippen LogP contribution in [0, 0.1) is 0 Å². The third-order valence-corrected chi connectivity index (χ3v) is 4.84. The molecule has 1 aliphatic heterocycles. The van der Waals surface area contributed by atoms with Crippen molar-refractivity contribution in [2.24, 2.45) is 0 Å². The zero-order valence-corrected chi connectivity index (χ0v) is 15.5. The van der Waals surface area contributed by atoms with Gasteiger partial charge in [-0.25, -0.2) is 4.68 Å². The molecule has 0 N–H and O–H groups in total. The third-order valence-electron chi connectivity index (χ3n) is 4.84. The number of hydrogen-bond donors (Lipinski definition) is 0. The zero-order valence-electron chi connectivity index (χ0n) is 15.5. The molecule has 26 heavy (non-hydrogen) atoms. The summed E-state index contributed by atoms with van der Waals surface area (Å²) in [5.74, 6) is 0.782. The van der Waals surface area contributed by atoms with Gasteiger partial charge < -0.3 is 9.47 Å². The average molecular weight is 348 g/mol. The molecule has 2 aromatic carbocycles. The molecule has 1 aliphatic rings. The van der Waals surface area contributed by atoms with Gasteiger partial charge in [-0.15, -0.1) is 0 Å². The minimum absolute atomic E-state index is 0.106. The second-order valence-corrected chi connectivity index (χ2v) is 7.23. The van der Waals surface area contributed by atoms with Crippen molar-refractivity contribution in [1.82, 2.24) is 9.78 Å². The number of benzene rings is 2. The Morgan fingerprint density at radius 2 is 1.73 bits per heavy atom. The number of nitrogens with zero attached hydrogens (tertiary/aromatic N) is 2. The Hall–Kier alpha value is -2.59. The Bertz CT molecular complexity index is 885. The molecule has 4 heteroatoms. The summed E-state index contributed by atoms with van der Waals surface area (Å²) in [6, 6.07) is 20.4. The van der Waals surface area contributed by atoms with Crippen LogP contribution in [0.25, 0.3) is 16.9 Å². The minimum atomic E-state index is -0.259. The lowest BCUT2D eigenvalue weighted by molar-refractivity contribution is -0.103. The zero-order chi connectivity index (χ0) is 18.1. The van der Waals surface area contributed by atoms with E-state index in [-0.39, 0.29) is 11.7 Å². The van der Waals surface area contributed by atoms with Crippen molar-refractivity contribution in [2.45, 2.75) is 38.9 Å². The first-order valence-electron chi connectivity index (χ1n) is 9.13. The second kappa shape index (κ2) is 6.61. The lowest BCUT2D eigenvalue weighted by Gasteiger charge is -2.35. The van der Waals surface area contributed by atoms with E-state index in [9.17, 15) is 0 Å². The predicted molar refractivity (Wildman–Crippen MR) is 103 cm³/mol. The normalized spacial score (nSPS) is 18.2. The number of hydrogen-bond acceptors (Lipinski definition) is 3. The van der Waals surface area contributed by atoms with Crippen LogP contribution in [-0.2, 0) is 10.2 Å². The van der Waals surface area contributed by atoms with Crippen molar-refractivity contribution in [3.05, 3.63) is 66.2 Å². The average Bonchev–Trinajstić information content (AvgIpc) is 3.04. The maximum absolute atomic E-state index is 6.27. The smallest absolute Gasteiger partial charge is 0.223 e. The molecule has 0 saturated heterocycles. The fourth-order valence-corrected chi connectivity index (χ4v) is 3.63. The highest BCUT2D eigenvalue weighted by molar-refractivity contribution is 5.68. The maximum Gasteiger partial charge on any atom is 0.223 e. The fourth-order valence-electron chi connectivity index (χ4n) is 3.63. The molecule has 4 nitrogen and oxygen atoms in total. The first-order chi connectivity index (χ1) is 12.6. The number of aromatic nitrogens is 2. The number of fused-ring (bicyclic) bond motifs is 1. The Morgan fingerprint density at radius 3 is 2.38 bits per heavy atom. The number of rotatable bonds is 4. The Kier molecular flexibility index (Phi) is 4.29. The van der Waals surface area contributed by atoms with Crippen molar-refractivity contribution < 1.29 is 9.47 Å². The van der Waals surface area contributed by atoms with Crippen molar-refractivity contribution in [1.29, 1.82) is 0 Å². The molecule has 2 heterocycles. The highest BCUT2D eigenvalue weighted by atomic mass is 16.7. The minimum Gasteiger partial charge on any atom is -0.447 e. The van der Waals surface area contributed by atoms with Gasteiger partial charge in [0.05, 0.1) is 5.69 Å². The first kappa shape index (κ1) is 16.9. The monoisotopic (exact) mass is 348 g/mol. The SMILES string of the molecule is CCO[C@@H]1CC(C)(C)c2c(-c3ccccc3)nn(-c3ccccc3)c2O1. The molecule has 1 atom stereocenters. The highest BCUT2D eigenvalue weighted by Crippen LogP contribution is 2.47. The Balaban J connectivity index is 1.94. The lowest BCUT2D eigenvalue weighted by Crippen LogP contribution is -2.36. The van der Waals surface area contributed by atoms with E-state index in [0.29, 0.717) is 6.61 Å². The van der Waals surface area contributed by atoms with Crippen LogP contribution in [0.15, 0.2) is 60.7 Å². The summed E-state index contributed by atoms with van der Waals surface area (Å²) in [6.07, 6.45) is 0.541. The molecular weight excluding hydrogens is 324 g/mol. The van der Waals surface area contributed by atoms with Crippen LogP contribution >= 0.6 is 0 Å². The highest BCUT2D eigenvalue weighted by Gasteiger charge is 2.41. The van der Waals surface area contributed by atoms with Crippen molar-refractivity contribution in [3.63, 3.8) is 0 Å². The van der Waals surface area contributed by atoms with Gasteiger partial charge in [-0.05, 0) is 19.1 Å². The topological polar surface area (TPSA) is 36.3 Å². The molecular formula is C22H24N2O2. The van der Waals surface area contributed by atoms with E-state index >= 15 is 0 Å². The Labute approximate surface area is 154 Å². The van der Waals surface area contributed by atoms with Crippen LogP contribution in [0.4, 0.5) is 0 Å². The molecule has 0 aliphatic carbocycles. The van der Waals surface area contributed by atoms with E-state index in [1.165, 1.54) is 0 Å². The molecule has 0 bridgehead atoms. The largest absolute Gasteiger partial charge is 0.447 e. The van der Waals surface area contributed by atoms with E-state index in [1.807, 2.05) is 60.1 Å². The lowest BCUT2D eigenvalue weighted by atomic mass is 9.78. The van der Waals surface area contributed by atoms with Gasteiger partial charge in [0.25, 0.3) is 0 Å². The van der Waals surface area contributed by atoms with E-state index in [4.69, 9.17) is 14.6 Å². The molecule has 3 aromatic rings. The van der Waals surface area contributed by atoms with Gasteiger partial charge >= 0.3 is 0 Å². The molecule has 0 spiro atoms. The summed E-state index contributed by atoms with van der Waals surface area (Å²) in [5, 5.41) is 4.96. The summed E-state index contributed by atoms with van der Waals surface area (Å²) in [4.78, 5) is 0. The van der Waals surface area contributed by atoms with Gasteiger partial charge in [-0.2, -0.15) is 5.10 Å². The van der Waals surface area contributed by atoms with Crippen LogP contribution in [0.1, 0.15) is 32.8 Å².